The molecule has 2 aromatic carbocycles. The molecule has 1 heterocycles. The van der Waals surface area contributed by atoms with Gasteiger partial charge in [0.05, 0.1) is 32.4 Å². The fourth-order valence-corrected chi connectivity index (χ4v) is 5.04. The number of sulfonamides is 1. The van der Waals surface area contributed by atoms with E-state index in [9.17, 15) is 18.0 Å². The Morgan fingerprint density at radius 2 is 1.62 bits per heavy atom. The third-order valence-corrected chi connectivity index (χ3v) is 7.21. The van der Waals surface area contributed by atoms with Gasteiger partial charge in [0.2, 0.25) is 0 Å². The van der Waals surface area contributed by atoms with Crippen LogP contribution in [0.3, 0.4) is 0 Å². The lowest BCUT2D eigenvalue weighted by Crippen LogP contribution is -2.29. The van der Waals surface area contributed by atoms with Crippen LogP contribution in [0.25, 0.3) is 0 Å². The van der Waals surface area contributed by atoms with Crippen LogP contribution < -0.4 is 4.72 Å². The summed E-state index contributed by atoms with van der Waals surface area (Å²) in [5.41, 5.74) is 1.62. The fourth-order valence-electron chi connectivity index (χ4n) is 3.73. The summed E-state index contributed by atoms with van der Waals surface area (Å²) in [6.07, 6.45) is 4.92. The van der Waals surface area contributed by atoms with E-state index in [0.29, 0.717) is 11.3 Å². The van der Waals surface area contributed by atoms with E-state index in [-0.39, 0.29) is 32.1 Å². The molecule has 0 bridgehead atoms. The number of rotatable bonds is 6. The van der Waals surface area contributed by atoms with Crippen LogP contribution in [0, 0.1) is 0 Å². The predicted octanol–water partition coefficient (Wildman–Crippen LogP) is 6.07. The topological polar surface area (TPSA) is 83.6 Å². The van der Waals surface area contributed by atoms with Crippen molar-refractivity contribution in [2.75, 3.05) is 4.72 Å². The summed E-state index contributed by atoms with van der Waals surface area (Å²) in [5.74, 6) is -1.32. The van der Waals surface area contributed by atoms with Gasteiger partial charge in [-0.2, -0.15) is 0 Å². The monoisotopic (exact) mass is 498 g/mol. The number of hydrogen-bond acceptors (Lipinski definition) is 4. The lowest BCUT2D eigenvalue weighted by atomic mass is 9.87. The van der Waals surface area contributed by atoms with Crippen molar-refractivity contribution in [2.45, 2.75) is 44.9 Å². The second-order valence-corrected chi connectivity index (χ2v) is 11.0. The molecular weight excluding hydrogens is 472 g/mol. The zero-order chi connectivity index (χ0) is 25.4. The zero-order valence-electron chi connectivity index (χ0n) is 19.8. The molecule has 3 rings (SSSR count). The molecule has 1 aliphatic rings. The first kappa shape index (κ1) is 25.5. The number of anilines is 1. The Bertz CT molecular complexity index is 1350. The first-order valence-electron chi connectivity index (χ1n) is 10.6. The maximum Gasteiger partial charge on any atom is 0.268 e. The number of carbonyl (C=O) groups is 2. The number of amides is 2. The van der Waals surface area contributed by atoms with Gasteiger partial charge in [-0.25, -0.2) is 13.3 Å². The van der Waals surface area contributed by atoms with Crippen molar-refractivity contribution >= 4 is 39.1 Å². The summed E-state index contributed by atoms with van der Waals surface area (Å²) in [7, 11) is -4.04. The largest absolute Gasteiger partial charge is 0.279 e. The molecular formula is C26H27ClN2O4S. The minimum absolute atomic E-state index is 0.0211. The standard InChI is InChI=1S/C26H27ClN2O4S/c1-7-9-16(3)21(8-2)29-24(30)22-19(27)14-15-20(23(22)25(29)31)28-34(32,33)18-12-10-17(11-13-18)26(4,5)6/h7-15,28H,2H2,1,3-6H3/b9-7-,21-16+. The van der Waals surface area contributed by atoms with Crippen molar-refractivity contribution in [3.63, 3.8) is 0 Å². The van der Waals surface area contributed by atoms with Crippen LogP contribution in [0.1, 0.15) is 60.9 Å². The van der Waals surface area contributed by atoms with Crippen LogP contribution in [-0.4, -0.2) is 25.1 Å². The molecule has 0 saturated heterocycles. The van der Waals surface area contributed by atoms with Gasteiger partial charge in [-0.1, -0.05) is 63.2 Å². The lowest BCUT2D eigenvalue weighted by Gasteiger charge is -2.19. The van der Waals surface area contributed by atoms with Gasteiger partial charge in [-0.3, -0.25) is 14.3 Å². The third-order valence-electron chi connectivity index (χ3n) is 5.52. The highest BCUT2D eigenvalue weighted by atomic mass is 35.5. The number of nitrogens with one attached hydrogen (secondary N) is 1. The van der Waals surface area contributed by atoms with Crippen LogP contribution in [0.5, 0.6) is 0 Å². The number of halogens is 1. The van der Waals surface area contributed by atoms with Gasteiger partial charge in [0, 0.05) is 0 Å². The maximum absolute atomic E-state index is 13.4. The van der Waals surface area contributed by atoms with Crippen molar-refractivity contribution in [1.82, 2.24) is 4.90 Å². The van der Waals surface area contributed by atoms with E-state index in [2.05, 4.69) is 11.3 Å². The van der Waals surface area contributed by atoms with Crippen molar-refractivity contribution in [2.24, 2.45) is 0 Å². The molecule has 0 unspecified atom stereocenters. The van der Waals surface area contributed by atoms with Crippen molar-refractivity contribution < 1.29 is 18.0 Å². The maximum atomic E-state index is 13.4. The average molecular weight is 499 g/mol. The van der Waals surface area contributed by atoms with E-state index in [1.807, 2.05) is 27.7 Å². The molecule has 178 valence electrons. The van der Waals surface area contributed by atoms with E-state index in [1.165, 1.54) is 30.3 Å². The van der Waals surface area contributed by atoms with Gasteiger partial charge in [0.25, 0.3) is 21.8 Å². The first-order valence-corrected chi connectivity index (χ1v) is 12.5. The van der Waals surface area contributed by atoms with Gasteiger partial charge in [0.1, 0.15) is 0 Å². The van der Waals surface area contributed by atoms with E-state index in [4.69, 9.17) is 11.6 Å². The SMILES string of the molecule is C=C/C(=C(C)\C=C/C)N1C(=O)c2c(Cl)ccc(NS(=O)(=O)c3ccc(C(C)(C)C)cc3)c2C1=O. The summed E-state index contributed by atoms with van der Waals surface area (Å²) in [6.45, 7) is 13.4. The number of hydrogen-bond donors (Lipinski definition) is 1. The molecule has 0 saturated carbocycles. The minimum atomic E-state index is -4.04. The van der Waals surface area contributed by atoms with Gasteiger partial charge in [-0.15, -0.1) is 0 Å². The number of nitrogens with zero attached hydrogens (tertiary/aromatic N) is 1. The van der Waals surface area contributed by atoms with Gasteiger partial charge in [0.15, 0.2) is 0 Å². The zero-order valence-corrected chi connectivity index (χ0v) is 21.3. The van der Waals surface area contributed by atoms with Gasteiger partial charge >= 0.3 is 0 Å². The average Bonchev–Trinajstić information content (AvgIpc) is 3.02. The number of benzene rings is 2. The Morgan fingerprint density at radius 3 is 2.15 bits per heavy atom. The van der Waals surface area contributed by atoms with Crippen molar-refractivity contribution in [3.8, 4) is 0 Å². The molecule has 0 radical (unpaired) electrons. The molecule has 0 atom stereocenters. The number of fused-ring (bicyclic) bond motifs is 1. The smallest absolute Gasteiger partial charge is 0.268 e. The van der Waals surface area contributed by atoms with Crippen LogP contribution >= 0.6 is 11.6 Å². The molecule has 1 aliphatic heterocycles. The Labute approximate surface area is 205 Å². The third kappa shape index (κ3) is 4.58. The van der Waals surface area contributed by atoms with E-state index >= 15 is 0 Å². The van der Waals surface area contributed by atoms with E-state index in [1.54, 1.807) is 31.2 Å². The lowest BCUT2D eigenvalue weighted by molar-refractivity contribution is 0.0708. The summed E-state index contributed by atoms with van der Waals surface area (Å²) < 4.78 is 28.7. The predicted molar refractivity (Wildman–Crippen MR) is 136 cm³/mol. The van der Waals surface area contributed by atoms with Gasteiger partial charge < -0.3 is 0 Å². The minimum Gasteiger partial charge on any atom is -0.279 e. The van der Waals surface area contributed by atoms with Crippen LogP contribution in [0.2, 0.25) is 5.02 Å². The molecule has 0 aliphatic carbocycles. The van der Waals surface area contributed by atoms with Crippen LogP contribution in [0.15, 0.2) is 77.4 Å². The summed E-state index contributed by atoms with van der Waals surface area (Å²) in [4.78, 5) is 27.6. The second kappa shape index (κ2) is 9.24. The quantitative estimate of drug-likeness (QED) is 0.387. The highest BCUT2D eigenvalue weighted by Crippen LogP contribution is 2.38. The molecule has 34 heavy (non-hydrogen) atoms. The molecule has 0 aromatic heterocycles. The molecule has 2 amide bonds. The Balaban J connectivity index is 2.07. The second-order valence-electron chi connectivity index (χ2n) is 8.94. The normalized spacial score (nSPS) is 14.9. The first-order chi connectivity index (χ1) is 15.8. The number of carbonyl (C=O) groups excluding carboxylic acids is 2. The van der Waals surface area contributed by atoms with E-state index < -0.39 is 21.8 Å². The van der Waals surface area contributed by atoms with Gasteiger partial charge in [-0.05, 0) is 60.7 Å². The Kier molecular flexibility index (Phi) is 6.92. The highest BCUT2D eigenvalue weighted by molar-refractivity contribution is 7.92. The summed E-state index contributed by atoms with van der Waals surface area (Å²) in [6, 6.07) is 9.30. The summed E-state index contributed by atoms with van der Waals surface area (Å²) >= 11 is 6.27. The number of allylic oxidation sites excluding steroid dienone is 4. The van der Waals surface area contributed by atoms with Crippen LogP contribution in [-0.2, 0) is 15.4 Å². The van der Waals surface area contributed by atoms with E-state index in [0.717, 1.165) is 10.5 Å². The molecule has 8 heteroatoms. The molecule has 0 fully saturated rings. The highest BCUT2D eigenvalue weighted by Gasteiger charge is 2.41. The molecule has 6 nitrogen and oxygen atoms in total. The molecule has 0 spiro atoms. The Morgan fingerprint density at radius 1 is 1.03 bits per heavy atom. The molecule has 1 N–H and O–H groups in total. The van der Waals surface area contributed by atoms with Crippen molar-refractivity contribution in [1.29, 1.82) is 0 Å². The van der Waals surface area contributed by atoms with Crippen molar-refractivity contribution in [3.05, 3.63) is 94.2 Å². The Hall–Kier alpha value is -3.16. The molecule has 2 aromatic rings. The summed E-state index contributed by atoms with van der Waals surface area (Å²) in [5, 5.41) is 0.0560. The number of imide groups is 1. The van der Waals surface area contributed by atoms with Crippen LogP contribution in [0.4, 0.5) is 5.69 Å². The fraction of sp³-hybridized carbons (Fsp3) is 0.231.